The van der Waals surface area contributed by atoms with Crippen LogP contribution in [0.3, 0.4) is 0 Å². The first-order valence-corrected chi connectivity index (χ1v) is 8.69. The number of carbonyl (C=O) groups is 1. The maximum Gasteiger partial charge on any atom is 0.307 e. The standard InChI is InChI=1S/C19H23N3O2/c1-12-4-3-5-15(10-12)16-11-20-19(24-16)18(23)21-17-13(2)22-8-6-14(17)7-9-22/h3-5,10-11,13-14,17H,6-9H2,1-2H3,(H,21,23). The van der Waals surface area contributed by atoms with Crippen LogP contribution in [0.15, 0.2) is 34.9 Å². The third kappa shape index (κ3) is 2.73. The largest absolute Gasteiger partial charge is 0.432 e. The average Bonchev–Trinajstić information content (AvgIpc) is 3.09. The van der Waals surface area contributed by atoms with Crippen molar-refractivity contribution in [2.45, 2.75) is 38.8 Å². The molecule has 1 amide bonds. The van der Waals surface area contributed by atoms with Crippen molar-refractivity contribution in [3.63, 3.8) is 0 Å². The van der Waals surface area contributed by atoms with Crippen molar-refractivity contribution < 1.29 is 9.21 Å². The van der Waals surface area contributed by atoms with Gasteiger partial charge in [-0.2, -0.15) is 0 Å². The van der Waals surface area contributed by atoms with Crippen molar-refractivity contribution in [2.75, 3.05) is 13.1 Å². The Hall–Kier alpha value is -2.14. The minimum absolute atomic E-state index is 0.148. The van der Waals surface area contributed by atoms with Crippen LogP contribution in [0.2, 0.25) is 0 Å². The molecule has 0 saturated carbocycles. The fourth-order valence-corrected chi connectivity index (χ4v) is 4.07. The normalized spacial score (nSPS) is 28.8. The third-order valence-electron chi connectivity index (χ3n) is 5.48. The molecule has 4 heterocycles. The van der Waals surface area contributed by atoms with Crippen molar-refractivity contribution in [3.05, 3.63) is 41.9 Å². The van der Waals surface area contributed by atoms with Crippen molar-refractivity contribution in [3.8, 4) is 11.3 Å². The molecular weight excluding hydrogens is 302 g/mol. The van der Waals surface area contributed by atoms with Gasteiger partial charge in [-0.1, -0.05) is 23.8 Å². The molecule has 2 atom stereocenters. The number of nitrogens with zero attached hydrogens (tertiary/aromatic N) is 2. The van der Waals surface area contributed by atoms with Gasteiger partial charge in [0.25, 0.3) is 5.89 Å². The van der Waals surface area contributed by atoms with Gasteiger partial charge in [0.05, 0.1) is 6.20 Å². The number of rotatable bonds is 3. The summed E-state index contributed by atoms with van der Waals surface area (Å²) >= 11 is 0. The zero-order valence-electron chi connectivity index (χ0n) is 14.2. The Labute approximate surface area is 142 Å². The second-order valence-electron chi connectivity index (χ2n) is 7.01. The van der Waals surface area contributed by atoms with Crippen LogP contribution in [-0.2, 0) is 0 Å². The van der Waals surface area contributed by atoms with Crippen molar-refractivity contribution in [1.82, 2.24) is 15.2 Å². The molecule has 3 aliphatic heterocycles. The first kappa shape index (κ1) is 15.4. The summed E-state index contributed by atoms with van der Waals surface area (Å²) in [5.74, 6) is 1.14. The minimum Gasteiger partial charge on any atom is -0.432 e. The number of aromatic nitrogens is 1. The second kappa shape index (κ2) is 6.06. The molecule has 1 aromatic heterocycles. The molecule has 3 saturated heterocycles. The number of nitrogens with one attached hydrogen (secondary N) is 1. The molecule has 0 spiro atoms. The maximum atomic E-state index is 12.6. The smallest absolute Gasteiger partial charge is 0.307 e. The number of piperidine rings is 3. The van der Waals surface area contributed by atoms with E-state index in [0.29, 0.717) is 17.7 Å². The van der Waals surface area contributed by atoms with Crippen LogP contribution in [0.4, 0.5) is 0 Å². The van der Waals surface area contributed by atoms with E-state index in [4.69, 9.17) is 4.42 Å². The number of amides is 1. The molecule has 3 fully saturated rings. The number of fused-ring (bicyclic) bond motifs is 3. The molecule has 24 heavy (non-hydrogen) atoms. The van der Waals surface area contributed by atoms with E-state index in [0.717, 1.165) is 37.1 Å². The molecule has 1 N–H and O–H groups in total. The van der Waals surface area contributed by atoms with Gasteiger partial charge < -0.3 is 9.73 Å². The lowest BCUT2D eigenvalue weighted by Crippen LogP contribution is -2.62. The summed E-state index contributed by atoms with van der Waals surface area (Å²) in [6, 6.07) is 8.56. The number of aryl methyl sites for hydroxylation is 1. The van der Waals surface area contributed by atoms with E-state index in [9.17, 15) is 4.79 Å². The molecule has 0 aliphatic carbocycles. The molecule has 0 radical (unpaired) electrons. The summed E-state index contributed by atoms with van der Waals surface area (Å²) < 4.78 is 5.71. The topological polar surface area (TPSA) is 58.4 Å². The first-order valence-electron chi connectivity index (χ1n) is 8.69. The molecule has 5 heteroatoms. The summed E-state index contributed by atoms with van der Waals surface area (Å²) in [6.45, 7) is 6.52. The highest BCUT2D eigenvalue weighted by Gasteiger charge is 2.40. The van der Waals surface area contributed by atoms with Crippen LogP contribution in [0.1, 0.15) is 36.0 Å². The summed E-state index contributed by atoms with van der Waals surface area (Å²) in [5.41, 5.74) is 2.09. The predicted octanol–water partition coefficient (Wildman–Crippen LogP) is 2.86. The third-order valence-corrected chi connectivity index (χ3v) is 5.48. The highest BCUT2D eigenvalue weighted by atomic mass is 16.4. The fraction of sp³-hybridized carbons (Fsp3) is 0.474. The molecule has 2 unspecified atom stereocenters. The minimum atomic E-state index is -0.209. The average molecular weight is 325 g/mol. The van der Waals surface area contributed by atoms with Gasteiger partial charge >= 0.3 is 5.91 Å². The van der Waals surface area contributed by atoms with Gasteiger partial charge in [-0.05, 0) is 51.8 Å². The zero-order valence-corrected chi connectivity index (χ0v) is 14.2. The molecule has 2 bridgehead atoms. The van der Waals surface area contributed by atoms with Gasteiger partial charge in [-0.25, -0.2) is 4.98 Å². The Morgan fingerprint density at radius 3 is 2.83 bits per heavy atom. The number of hydrogen-bond acceptors (Lipinski definition) is 4. The van der Waals surface area contributed by atoms with E-state index in [-0.39, 0.29) is 17.8 Å². The monoisotopic (exact) mass is 325 g/mol. The molecule has 5 rings (SSSR count). The lowest BCUT2D eigenvalue weighted by atomic mass is 9.79. The van der Waals surface area contributed by atoms with E-state index in [2.05, 4.69) is 22.1 Å². The fourth-order valence-electron chi connectivity index (χ4n) is 4.07. The van der Waals surface area contributed by atoms with Crippen LogP contribution in [0.5, 0.6) is 0 Å². The van der Waals surface area contributed by atoms with Gasteiger partial charge in [-0.3, -0.25) is 9.69 Å². The molecule has 5 nitrogen and oxygen atoms in total. The Kier molecular flexibility index (Phi) is 3.88. The molecule has 2 aromatic rings. The van der Waals surface area contributed by atoms with Crippen LogP contribution in [-0.4, -0.2) is 41.0 Å². The first-order chi connectivity index (χ1) is 11.6. The number of hydrogen-bond donors (Lipinski definition) is 1. The van der Waals surface area contributed by atoms with Crippen molar-refractivity contribution in [2.24, 2.45) is 5.92 Å². The van der Waals surface area contributed by atoms with Crippen molar-refractivity contribution >= 4 is 5.91 Å². The summed E-state index contributed by atoms with van der Waals surface area (Å²) in [5, 5.41) is 3.16. The maximum absolute atomic E-state index is 12.6. The molecular formula is C19H23N3O2. The summed E-state index contributed by atoms with van der Waals surface area (Å²) in [6.07, 6.45) is 3.95. The van der Waals surface area contributed by atoms with Crippen LogP contribution in [0.25, 0.3) is 11.3 Å². The summed E-state index contributed by atoms with van der Waals surface area (Å²) in [4.78, 5) is 19.2. The van der Waals surface area contributed by atoms with Crippen LogP contribution < -0.4 is 5.32 Å². The van der Waals surface area contributed by atoms with E-state index < -0.39 is 0 Å². The Morgan fingerprint density at radius 1 is 1.33 bits per heavy atom. The lowest BCUT2D eigenvalue weighted by Gasteiger charge is -2.49. The van der Waals surface area contributed by atoms with E-state index in [1.54, 1.807) is 6.20 Å². The molecule has 3 aliphatic rings. The predicted molar refractivity (Wildman–Crippen MR) is 91.7 cm³/mol. The number of carbonyl (C=O) groups excluding carboxylic acids is 1. The Bertz CT molecular complexity index is 745. The number of oxazole rings is 1. The lowest BCUT2D eigenvalue weighted by molar-refractivity contribution is 0.0210. The highest BCUT2D eigenvalue weighted by molar-refractivity contribution is 5.90. The quantitative estimate of drug-likeness (QED) is 0.943. The van der Waals surface area contributed by atoms with E-state index in [1.165, 1.54) is 0 Å². The van der Waals surface area contributed by atoms with Gasteiger partial charge in [0, 0.05) is 17.6 Å². The van der Waals surface area contributed by atoms with E-state index in [1.807, 2.05) is 31.2 Å². The SMILES string of the molecule is Cc1cccc(-c2cnc(C(=O)NC3C4CCN(CC4)C3C)o2)c1. The Balaban J connectivity index is 1.49. The molecule has 1 aromatic carbocycles. The molecule has 126 valence electrons. The van der Waals surface area contributed by atoms with Crippen molar-refractivity contribution in [1.29, 1.82) is 0 Å². The van der Waals surface area contributed by atoms with Gasteiger partial charge in [0.2, 0.25) is 0 Å². The van der Waals surface area contributed by atoms with Crippen LogP contribution in [0, 0.1) is 12.8 Å². The second-order valence-corrected chi connectivity index (χ2v) is 7.01. The summed E-state index contributed by atoms with van der Waals surface area (Å²) in [7, 11) is 0. The highest BCUT2D eigenvalue weighted by Crippen LogP contribution is 2.32. The van der Waals surface area contributed by atoms with Gasteiger partial charge in [-0.15, -0.1) is 0 Å². The van der Waals surface area contributed by atoms with Gasteiger partial charge in [0.1, 0.15) is 0 Å². The van der Waals surface area contributed by atoms with Crippen LogP contribution >= 0.6 is 0 Å². The Morgan fingerprint density at radius 2 is 2.12 bits per heavy atom. The van der Waals surface area contributed by atoms with E-state index >= 15 is 0 Å². The zero-order chi connectivity index (χ0) is 16.7. The number of benzene rings is 1. The van der Waals surface area contributed by atoms with Gasteiger partial charge in [0.15, 0.2) is 5.76 Å².